The molecule has 0 radical (unpaired) electrons. The molecule has 0 aliphatic heterocycles. The monoisotopic (exact) mass is 250 g/mol. The first-order valence-corrected chi connectivity index (χ1v) is 6.18. The number of aryl methyl sites for hydroxylation is 1. The molecular weight excluding hydrogens is 236 g/mol. The first-order chi connectivity index (χ1) is 9.20. The predicted octanol–water partition coefficient (Wildman–Crippen LogP) is 4.65. The van der Waals surface area contributed by atoms with Gasteiger partial charge in [0.05, 0.1) is 0 Å². The van der Waals surface area contributed by atoms with E-state index in [0.29, 0.717) is 0 Å². The fourth-order valence-corrected chi connectivity index (χ4v) is 2.02. The van der Waals surface area contributed by atoms with E-state index in [-0.39, 0.29) is 5.75 Å². The molecule has 0 fully saturated rings. The Labute approximate surface area is 111 Å². The number of aromatic hydroxyl groups is 1. The van der Waals surface area contributed by atoms with Gasteiger partial charge in [0.25, 0.3) is 0 Å². The van der Waals surface area contributed by atoms with Gasteiger partial charge in [-0.05, 0) is 54.1 Å². The molecule has 0 aliphatic carbocycles. The standard InChI is InChI=1S/C17H14O2/c1-12-2-7-16(8-3-12)19-17-9-5-13-10-15(18)6-4-14(13)11-17/h2-11,18H,1H3. The Hall–Kier alpha value is -2.48. The Morgan fingerprint density at radius 1 is 0.737 bits per heavy atom. The Morgan fingerprint density at radius 2 is 1.37 bits per heavy atom. The zero-order valence-corrected chi connectivity index (χ0v) is 10.6. The number of phenolic OH excluding ortho intramolecular Hbond substituents is 1. The second-order valence-corrected chi connectivity index (χ2v) is 4.61. The maximum atomic E-state index is 9.43. The molecule has 0 bridgehead atoms. The van der Waals surface area contributed by atoms with Crippen molar-refractivity contribution in [2.45, 2.75) is 6.92 Å². The van der Waals surface area contributed by atoms with E-state index in [0.717, 1.165) is 22.3 Å². The van der Waals surface area contributed by atoms with Gasteiger partial charge < -0.3 is 9.84 Å². The van der Waals surface area contributed by atoms with E-state index in [1.54, 1.807) is 12.1 Å². The fourth-order valence-electron chi connectivity index (χ4n) is 2.02. The van der Waals surface area contributed by atoms with Crippen LogP contribution in [0.3, 0.4) is 0 Å². The van der Waals surface area contributed by atoms with Crippen molar-refractivity contribution in [2.24, 2.45) is 0 Å². The van der Waals surface area contributed by atoms with Crippen molar-refractivity contribution in [3.8, 4) is 17.2 Å². The Kier molecular flexibility index (Phi) is 2.84. The van der Waals surface area contributed by atoms with Crippen molar-refractivity contribution < 1.29 is 9.84 Å². The van der Waals surface area contributed by atoms with Gasteiger partial charge in [-0.1, -0.05) is 29.8 Å². The van der Waals surface area contributed by atoms with Crippen LogP contribution in [0.4, 0.5) is 0 Å². The molecule has 0 amide bonds. The van der Waals surface area contributed by atoms with E-state index in [2.05, 4.69) is 0 Å². The maximum Gasteiger partial charge on any atom is 0.128 e. The third-order valence-corrected chi connectivity index (χ3v) is 3.05. The summed E-state index contributed by atoms with van der Waals surface area (Å²) in [5.74, 6) is 1.89. The summed E-state index contributed by atoms with van der Waals surface area (Å²) in [6, 6.07) is 19.1. The normalized spacial score (nSPS) is 10.6. The van der Waals surface area contributed by atoms with E-state index in [1.165, 1.54) is 5.56 Å². The van der Waals surface area contributed by atoms with Gasteiger partial charge in [0.15, 0.2) is 0 Å². The van der Waals surface area contributed by atoms with E-state index in [4.69, 9.17) is 4.74 Å². The molecular formula is C17H14O2. The molecule has 19 heavy (non-hydrogen) atoms. The quantitative estimate of drug-likeness (QED) is 0.717. The SMILES string of the molecule is Cc1ccc(Oc2ccc3cc(O)ccc3c2)cc1. The van der Waals surface area contributed by atoms with Crippen molar-refractivity contribution >= 4 is 10.8 Å². The number of hydrogen-bond acceptors (Lipinski definition) is 2. The molecule has 2 nitrogen and oxygen atoms in total. The number of fused-ring (bicyclic) bond motifs is 1. The molecule has 0 spiro atoms. The molecule has 3 aromatic rings. The molecule has 0 aromatic heterocycles. The van der Waals surface area contributed by atoms with Crippen LogP contribution < -0.4 is 4.74 Å². The molecule has 1 N–H and O–H groups in total. The van der Waals surface area contributed by atoms with Crippen LogP contribution in [0.2, 0.25) is 0 Å². The minimum Gasteiger partial charge on any atom is -0.508 e. The third kappa shape index (κ3) is 2.52. The van der Waals surface area contributed by atoms with Crippen LogP contribution in [0.25, 0.3) is 10.8 Å². The minimum absolute atomic E-state index is 0.278. The average Bonchev–Trinajstić information content (AvgIpc) is 2.42. The van der Waals surface area contributed by atoms with E-state index >= 15 is 0 Å². The average molecular weight is 250 g/mol. The molecule has 0 atom stereocenters. The summed E-state index contributed by atoms with van der Waals surface area (Å²) < 4.78 is 5.81. The zero-order chi connectivity index (χ0) is 13.2. The molecule has 0 heterocycles. The molecule has 0 aliphatic rings. The molecule has 94 valence electrons. The fraction of sp³-hybridized carbons (Fsp3) is 0.0588. The molecule has 0 saturated carbocycles. The highest BCUT2D eigenvalue weighted by Crippen LogP contribution is 2.27. The minimum atomic E-state index is 0.278. The largest absolute Gasteiger partial charge is 0.508 e. The number of rotatable bonds is 2. The van der Waals surface area contributed by atoms with E-state index in [1.807, 2.05) is 55.5 Å². The van der Waals surface area contributed by atoms with Gasteiger partial charge >= 0.3 is 0 Å². The van der Waals surface area contributed by atoms with Crippen molar-refractivity contribution in [1.82, 2.24) is 0 Å². The highest BCUT2D eigenvalue weighted by atomic mass is 16.5. The van der Waals surface area contributed by atoms with Crippen molar-refractivity contribution in [1.29, 1.82) is 0 Å². The van der Waals surface area contributed by atoms with Crippen LogP contribution in [-0.2, 0) is 0 Å². The molecule has 3 rings (SSSR count). The lowest BCUT2D eigenvalue weighted by atomic mass is 10.1. The summed E-state index contributed by atoms with van der Waals surface area (Å²) >= 11 is 0. The molecule has 0 unspecified atom stereocenters. The second kappa shape index (κ2) is 4.65. The molecule has 2 heteroatoms. The van der Waals surface area contributed by atoms with Crippen LogP contribution in [0.5, 0.6) is 17.2 Å². The maximum absolute atomic E-state index is 9.43. The Balaban J connectivity index is 1.93. The van der Waals surface area contributed by atoms with Gasteiger partial charge in [-0.2, -0.15) is 0 Å². The summed E-state index contributed by atoms with van der Waals surface area (Å²) in [5, 5.41) is 11.5. The third-order valence-electron chi connectivity index (χ3n) is 3.05. The van der Waals surface area contributed by atoms with Gasteiger partial charge in [0.1, 0.15) is 17.2 Å². The summed E-state index contributed by atoms with van der Waals surface area (Å²) in [7, 11) is 0. The van der Waals surface area contributed by atoms with Gasteiger partial charge in [-0.25, -0.2) is 0 Å². The van der Waals surface area contributed by atoms with E-state index in [9.17, 15) is 5.11 Å². The predicted molar refractivity (Wildman–Crippen MR) is 76.9 cm³/mol. The lowest BCUT2D eigenvalue weighted by molar-refractivity contribution is 0.475. The Bertz CT molecular complexity index is 715. The summed E-state index contributed by atoms with van der Waals surface area (Å²) in [5.41, 5.74) is 1.21. The van der Waals surface area contributed by atoms with Crippen LogP contribution in [0, 0.1) is 6.92 Å². The zero-order valence-electron chi connectivity index (χ0n) is 10.6. The van der Waals surface area contributed by atoms with Gasteiger partial charge in [0, 0.05) is 0 Å². The first-order valence-electron chi connectivity index (χ1n) is 6.18. The first kappa shape index (κ1) is 11.6. The number of ether oxygens (including phenoxy) is 1. The highest BCUT2D eigenvalue weighted by Gasteiger charge is 2.00. The summed E-state index contributed by atoms with van der Waals surface area (Å²) in [6.07, 6.45) is 0. The van der Waals surface area contributed by atoms with Gasteiger partial charge in [0.2, 0.25) is 0 Å². The molecule has 0 saturated heterocycles. The van der Waals surface area contributed by atoms with Crippen molar-refractivity contribution in [2.75, 3.05) is 0 Å². The summed E-state index contributed by atoms with van der Waals surface area (Å²) in [4.78, 5) is 0. The highest BCUT2D eigenvalue weighted by molar-refractivity contribution is 5.85. The number of hydrogen-bond donors (Lipinski definition) is 1. The van der Waals surface area contributed by atoms with Crippen molar-refractivity contribution in [3.63, 3.8) is 0 Å². The van der Waals surface area contributed by atoms with Gasteiger partial charge in [-0.3, -0.25) is 0 Å². The van der Waals surface area contributed by atoms with Gasteiger partial charge in [-0.15, -0.1) is 0 Å². The van der Waals surface area contributed by atoms with Crippen LogP contribution in [0.15, 0.2) is 60.7 Å². The van der Waals surface area contributed by atoms with Crippen molar-refractivity contribution in [3.05, 3.63) is 66.2 Å². The van der Waals surface area contributed by atoms with Crippen LogP contribution >= 0.6 is 0 Å². The lowest BCUT2D eigenvalue weighted by Crippen LogP contribution is -1.84. The van der Waals surface area contributed by atoms with Crippen LogP contribution in [-0.4, -0.2) is 5.11 Å². The molecule has 3 aromatic carbocycles. The lowest BCUT2D eigenvalue weighted by Gasteiger charge is -2.07. The smallest absolute Gasteiger partial charge is 0.128 e. The topological polar surface area (TPSA) is 29.5 Å². The van der Waals surface area contributed by atoms with Crippen LogP contribution in [0.1, 0.15) is 5.56 Å². The van der Waals surface area contributed by atoms with E-state index < -0.39 is 0 Å². The number of phenols is 1. The Morgan fingerprint density at radius 3 is 2.16 bits per heavy atom. The summed E-state index contributed by atoms with van der Waals surface area (Å²) in [6.45, 7) is 2.05. The second-order valence-electron chi connectivity index (χ2n) is 4.61. The number of benzene rings is 3.